The van der Waals surface area contributed by atoms with E-state index in [1.165, 1.54) is 28.8 Å². The van der Waals surface area contributed by atoms with Crippen molar-refractivity contribution in [3.8, 4) is 0 Å². The molecule has 3 aromatic carbocycles. The summed E-state index contributed by atoms with van der Waals surface area (Å²) in [6.45, 7) is 6.02. The zero-order valence-electron chi connectivity index (χ0n) is 23.8. The van der Waals surface area contributed by atoms with E-state index in [2.05, 4.69) is 37.4 Å². The van der Waals surface area contributed by atoms with Crippen LogP contribution in [-0.4, -0.2) is 16.8 Å². The Labute approximate surface area is 240 Å². The van der Waals surface area contributed by atoms with Crippen LogP contribution in [0.1, 0.15) is 72.4 Å². The second kappa shape index (κ2) is 10.1. The highest BCUT2D eigenvalue weighted by Crippen LogP contribution is 2.66. The number of hydrogen-bond donors (Lipinski definition) is 1. The summed E-state index contributed by atoms with van der Waals surface area (Å²) in [6, 6.07) is 20.3. The van der Waals surface area contributed by atoms with Gasteiger partial charge < -0.3 is 10.1 Å². The van der Waals surface area contributed by atoms with Gasteiger partial charge in [0.15, 0.2) is 0 Å². The van der Waals surface area contributed by atoms with E-state index < -0.39 is 22.3 Å². The van der Waals surface area contributed by atoms with E-state index in [0.717, 1.165) is 38.5 Å². The highest BCUT2D eigenvalue weighted by atomic mass is 16.6. The van der Waals surface area contributed by atoms with Gasteiger partial charge in [-0.2, -0.15) is 0 Å². The molecule has 4 saturated carbocycles. The Bertz CT molecular complexity index is 1520. The lowest BCUT2D eigenvalue weighted by atomic mass is 9.43. The molecule has 7 heteroatoms. The molecular weight excluding hydrogens is 516 g/mol. The zero-order chi connectivity index (χ0) is 28.9. The number of nitro groups is 1. The molecule has 3 aromatic rings. The lowest BCUT2D eigenvalue weighted by Crippen LogP contribution is -2.57. The number of aryl methyl sites for hydroxylation is 3. The summed E-state index contributed by atoms with van der Waals surface area (Å²) in [5.41, 5.74) is 4.25. The summed E-state index contributed by atoms with van der Waals surface area (Å²) < 4.78 is 6.18. The van der Waals surface area contributed by atoms with Gasteiger partial charge in [0.25, 0.3) is 11.6 Å². The molecule has 0 heterocycles. The minimum absolute atomic E-state index is 0.0609. The molecule has 4 aliphatic rings. The van der Waals surface area contributed by atoms with E-state index in [1.807, 2.05) is 6.07 Å². The second-order valence-corrected chi connectivity index (χ2v) is 12.8. The summed E-state index contributed by atoms with van der Waals surface area (Å²) >= 11 is 0. The van der Waals surface area contributed by atoms with E-state index in [-0.39, 0.29) is 22.8 Å². The summed E-state index contributed by atoms with van der Waals surface area (Å²) in [6.07, 6.45) is 4.36. The monoisotopic (exact) mass is 552 g/mol. The first-order valence-corrected chi connectivity index (χ1v) is 14.5. The van der Waals surface area contributed by atoms with Crippen LogP contribution in [0.2, 0.25) is 0 Å². The van der Waals surface area contributed by atoms with Crippen molar-refractivity contribution in [3.63, 3.8) is 0 Å². The van der Waals surface area contributed by atoms with Gasteiger partial charge in [-0.3, -0.25) is 19.7 Å². The van der Waals surface area contributed by atoms with Gasteiger partial charge in [0.05, 0.1) is 10.3 Å². The Kier molecular flexibility index (Phi) is 6.71. The second-order valence-electron chi connectivity index (χ2n) is 12.8. The van der Waals surface area contributed by atoms with Gasteiger partial charge >= 0.3 is 5.97 Å². The number of nitro benzene ring substituents is 1. The van der Waals surface area contributed by atoms with Crippen molar-refractivity contribution in [1.82, 2.24) is 0 Å². The molecule has 0 aromatic heterocycles. The molecule has 0 spiro atoms. The van der Waals surface area contributed by atoms with Crippen LogP contribution in [-0.2, 0) is 19.7 Å². The third kappa shape index (κ3) is 4.92. The average molecular weight is 553 g/mol. The van der Waals surface area contributed by atoms with Crippen molar-refractivity contribution in [1.29, 1.82) is 0 Å². The molecule has 3 atom stereocenters. The molecule has 7 rings (SSSR count). The summed E-state index contributed by atoms with van der Waals surface area (Å²) in [4.78, 5) is 39.1. The van der Waals surface area contributed by atoms with E-state index in [0.29, 0.717) is 23.0 Å². The lowest BCUT2D eigenvalue weighted by Gasteiger charge is -2.61. The number of rotatable bonds is 7. The van der Waals surface area contributed by atoms with E-state index in [1.54, 1.807) is 37.3 Å². The number of hydrogen-bond acceptors (Lipinski definition) is 5. The number of nitrogens with one attached hydrogen (secondary N) is 1. The van der Waals surface area contributed by atoms with Crippen molar-refractivity contribution < 1.29 is 19.2 Å². The number of carbonyl (C=O) groups excluding carboxylic acids is 2. The van der Waals surface area contributed by atoms with Crippen LogP contribution in [0.15, 0.2) is 66.7 Å². The molecule has 4 aliphatic carbocycles. The number of carbonyl (C=O) groups is 2. The molecule has 1 N–H and O–H groups in total. The number of anilines is 1. The van der Waals surface area contributed by atoms with Crippen molar-refractivity contribution in [3.05, 3.63) is 105 Å². The minimum Gasteiger partial charge on any atom is -0.447 e. The zero-order valence-corrected chi connectivity index (χ0v) is 23.8. The normalized spacial score (nSPS) is 26.8. The summed E-state index contributed by atoms with van der Waals surface area (Å²) in [5, 5.41) is 14.4. The third-order valence-electron chi connectivity index (χ3n) is 9.79. The molecule has 4 fully saturated rings. The maximum atomic E-state index is 14.2. The van der Waals surface area contributed by atoms with E-state index in [4.69, 9.17) is 4.74 Å². The maximum absolute atomic E-state index is 14.2. The predicted octanol–water partition coefficient (Wildman–Crippen LogP) is 7.28. The standard InChI is InChI=1S/C34H36N2O5/c1-21-9-12-28(29(13-21)36(39)40)35-31(37)30(26-7-5-4-6-8-26)41-32(38)34-18-24-15-25(19-34)17-33(16-24,20-34)27-11-10-22(2)23(3)14-27/h4-14,24-25,30H,15-20H2,1-3H3,(H,35,37). The SMILES string of the molecule is Cc1ccc(NC(=O)C(OC(=O)C23CC4CC(C2)CC(c2ccc(C)c(C)c2)(C4)C3)c2ccccc2)c([N+](=O)[O-])c1. The van der Waals surface area contributed by atoms with Gasteiger partial charge in [-0.15, -0.1) is 0 Å². The highest BCUT2D eigenvalue weighted by Gasteiger charge is 2.62. The van der Waals surface area contributed by atoms with Crippen molar-refractivity contribution >= 4 is 23.3 Å². The Morgan fingerprint density at radius 3 is 2.29 bits per heavy atom. The van der Waals surface area contributed by atoms with E-state index >= 15 is 0 Å². The number of nitrogens with zero attached hydrogens (tertiary/aromatic N) is 1. The molecular formula is C34H36N2O5. The van der Waals surface area contributed by atoms with E-state index in [9.17, 15) is 19.7 Å². The molecule has 7 nitrogen and oxygen atoms in total. The van der Waals surface area contributed by atoms with Crippen LogP contribution in [0, 0.1) is 48.1 Å². The summed E-state index contributed by atoms with van der Waals surface area (Å²) in [5.74, 6) is -0.0402. The minimum atomic E-state index is -1.23. The lowest BCUT2D eigenvalue weighted by molar-refractivity contribution is -0.384. The first kappa shape index (κ1) is 27.2. The van der Waals surface area contributed by atoms with Crippen LogP contribution >= 0.6 is 0 Å². The Balaban J connectivity index is 1.31. The van der Waals surface area contributed by atoms with Crippen molar-refractivity contribution in [2.75, 3.05) is 5.32 Å². The fraction of sp³-hybridized carbons (Fsp3) is 0.412. The summed E-state index contributed by atoms with van der Waals surface area (Å²) in [7, 11) is 0. The molecule has 3 unspecified atom stereocenters. The van der Waals surface area contributed by atoms with Gasteiger partial charge in [-0.05, 0) is 105 Å². The van der Waals surface area contributed by atoms with Crippen molar-refractivity contribution in [2.45, 2.75) is 70.8 Å². The van der Waals surface area contributed by atoms with Crippen LogP contribution in [0.3, 0.4) is 0 Å². The molecule has 0 saturated heterocycles. The van der Waals surface area contributed by atoms with Crippen LogP contribution in [0.5, 0.6) is 0 Å². The largest absolute Gasteiger partial charge is 0.447 e. The first-order valence-electron chi connectivity index (χ1n) is 14.5. The van der Waals surface area contributed by atoms with Gasteiger partial charge in [0, 0.05) is 11.6 Å². The van der Waals surface area contributed by atoms with Gasteiger partial charge in [-0.25, -0.2) is 0 Å². The number of ether oxygens (including phenoxy) is 1. The third-order valence-corrected chi connectivity index (χ3v) is 9.79. The maximum Gasteiger partial charge on any atom is 0.313 e. The molecule has 4 bridgehead atoms. The first-order chi connectivity index (χ1) is 19.6. The molecule has 212 valence electrons. The Morgan fingerprint density at radius 1 is 0.927 bits per heavy atom. The fourth-order valence-corrected chi connectivity index (χ4v) is 8.14. The van der Waals surface area contributed by atoms with Gasteiger partial charge in [0.2, 0.25) is 6.10 Å². The molecule has 0 radical (unpaired) electrons. The van der Waals surface area contributed by atoms with Crippen LogP contribution < -0.4 is 5.32 Å². The molecule has 1 amide bonds. The smallest absolute Gasteiger partial charge is 0.313 e. The number of benzene rings is 3. The van der Waals surface area contributed by atoms with Crippen molar-refractivity contribution in [2.24, 2.45) is 17.3 Å². The Hall–Kier alpha value is -4.00. The van der Waals surface area contributed by atoms with Crippen LogP contribution in [0.25, 0.3) is 0 Å². The van der Waals surface area contributed by atoms with Crippen LogP contribution in [0.4, 0.5) is 11.4 Å². The predicted molar refractivity (Wildman–Crippen MR) is 156 cm³/mol. The Morgan fingerprint density at radius 2 is 1.63 bits per heavy atom. The van der Waals surface area contributed by atoms with Gasteiger partial charge in [-0.1, -0.05) is 54.6 Å². The quantitative estimate of drug-likeness (QED) is 0.189. The fourth-order valence-electron chi connectivity index (χ4n) is 8.14. The average Bonchev–Trinajstić information content (AvgIpc) is 2.93. The topological polar surface area (TPSA) is 98.5 Å². The number of amides is 1. The number of esters is 1. The highest BCUT2D eigenvalue weighted by molar-refractivity contribution is 5.98. The molecule has 41 heavy (non-hydrogen) atoms. The van der Waals surface area contributed by atoms with Gasteiger partial charge in [0.1, 0.15) is 5.69 Å². The molecule has 0 aliphatic heterocycles.